The Balaban J connectivity index is 1.65. The van der Waals surface area contributed by atoms with Crippen LogP contribution in [0.4, 0.5) is 0 Å². The van der Waals surface area contributed by atoms with Crippen LogP contribution in [-0.4, -0.2) is 59.5 Å². The number of hydrogen-bond acceptors (Lipinski definition) is 3. The molecule has 1 N–H and O–H groups in total. The summed E-state index contributed by atoms with van der Waals surface area (Å²) in [7, 11) is 0. The lowest BCUT2D eigenvalue weighted by Crippen LogP contribution is -2.46. The van der Waals surface area contributed by atoms with E-state index in [4.69, 9.17) is 0 Å². The molecular formula is C16H26N4O. The molecule has 0 radical (unpaired) electrons. The SMILES string of the molecule is Cc1ccc2n1CCN(C(=O)CN1CCCNCC1)C2C. The second-order valence-corrected chi connectivity index (χ2v) is 6.19. The van der Waals surface area contributed by atoms with Crippen molar-refractivity contribution in [3.05, 3.63) is 23.5 Å². The fraction of sp³-hybridized carbons (Fsp3) is 0.688. The van der Waals surface area contributed by atoms with Crippen molar-refractivity contribution in [2.24, 2.45) is 0 Å². The minimum atomic E-state index is 0.185. The van der Waals surface area contributed by atoms with E-state index < -0.39 is 0 Å². The van der Waals surface area contributed by atoms with Gasteiger partial charge in [0.25, 0.3) is 0 Å². The Hall–Kier alpha value is -1.33. The fourth-order valence-corrected chi connectivity index (χ4v) is 3.50. The number of hydrogen-bond donors (Lipinski definition) is 1. The first-order valence-corrected chi connectivity index (χ1v) is 8.05. The number of rotatable bonds is 2. The van der Waals surface area contributed by atoms with Crippen LogP contribution in [-0.2, 0) is 11.3 Å². The van der Waals surface area contributed by atoms with E-state index in [-0.39, 0.29) is 11.9 Å². The normalized spacial score (nSPS) is 23.7. The maximum Gasteiger partial charge on any atom is 0.237 e. The predicted octanol–water partition coefficient (Wildman–Crippen LogP) is 0.995. The minimum Gasteiger partial charge on any atom is -0.345 e. The fourth-order valence-electron chi connectivity index (χ4n) is 3.50. The number of aryl methyl sites for hydroxylation is 1. The standard InChI is InChI=1S/C16H26N4O/c1-13-4-5-15-14(2)20(11-10-19(13)15)16(21)12-18-8-3-6-17-7-9-18/h4-5,14,17H,3,6-12H2,1-2H3. The number of carbonyl (C=O) groups excluding carboxylic acids is 1. The molecule has 1 saturated heterocycles. The highest BCUT2D eigenvalue weighted by Gasteiger charge is 2.29. The molecule has 0 aliphatic carbocycles. The summed E-state index contributed by atoms with van der Waals surface area (Å²) in [5.74, 6) is 0.273. The third-order valence-electron chi connectivity index (χ3n) is 4.80. The van der Waals surface area contributed by atoms with Gasteiger partial charge < -0.3 is 14.8 Å². The minimum absolute atomic E-state index is 0.185. The monoisotopic (exact) mass is 290 g/mol. The zero-order valence-corrected chi connectivity index (χ0v) is 13.1. The van der Waals surface area contributed by atoms with Gasteiger partial charge in [-0.05, 0) is 45.5 Å². The second kappa shape index (κ2) is 6.20. The molecule has 0 saturated carbocycles. The number of fused-ring (bicyclic) bond motifs is 1. The van der Waals surface area contributed by atoms with Crippen molar-refractivity contribution in [3.63, 3.8) is 0 Å². The molecule has 1 unspecified atom stereocenters. The van der Waals surface area contributed by atoms with E-state index in [0.29, 0.717) is 6.54 Å². The summed E-state index contributed by atoms with van der Waals surface area (Å²) in [6.07, 6.45) is 1.13. The van der Waals surface area contributed by atoms with Crippen LogP contribution in [0.2, 0.25) is 0 Å². The first-order chi connectivity index (χ1) is 10.2. The maximum absolute atomic E-state index is 12.7. The van der Waals surface area contributed by atoms with Gasteiger partial charge in [-0.3, -0.25) is 9.69 Å². The summed E-state index contributed by atoms with van der Waals surface area (Å²) in [6.45, 7) is 10.7. The number of aromatic nitrogens is 1. The highest BCUT2D eigenvalue weighted by atomic mass is 16.2. The lowest BCUT2D eigenvalue weighted by Gasteiger charge is -2.36. The van der Waals surface area contributed by atoms with Gasteiger partial charge in [0.15, 0.2) is 0 Å². The lowest BCUT2D eigenvalue weighted by molar-refractivity contribution is -0.135. The molecule has 3 rings (SSSR count). The number of nitrogens with zero attached hydrogens (tertiary/aromatic N) is 3. The van der Waals surface area contributed by atoms with Gasteiger partial charge in [0.2, 0.25) is 5.91 Å². The molecule has 116 valence electrons. The van der Waals surface area contributed by atoms with E-state index in [1.54, 1.807) is 0 Å². The van der Waals surface area contributed by atoms with Crippen molar-refractivity contribution in [1.82, 2.24) is 19.7 Å². The molecule has 3 heterocycles. The first kappa shape index (κ1) is 14.6. The Labute approximate surface area is 126 Å². The molecule has 5 nitrogen and oxygen atoms in total. The average Bonchev–Trinajstić information content (AvgIpc) is 2.69. The largest absolute Gasteiger partial charge is 0.345 e. The van der Waals surface area contributed by atoms with Crippen LogP contribution in [0.3, 0.4) is 0 Å². The van der Waals surface area contributed by atoms with Crippen LogP contribution < -0.4 is 5.32 Å². The smallest absolute Gasteiger partial charge is 0.237 e. The number of amides is 1. The number of carbonyl (C=O) groups is 1. The highest BCUT2D eigenvalue weighted by Crippen LogP contribution is 2.27. The molecule has 0 bridgehead atoms. The first-order valence-electron chi connectivity index (χ1n) is 8.05. The summed E-state index contributed by atoms with van der Waals surface area (Å²) in [6, 6.07) is 4.50. The van der Waals surface area contributed by atoms with Gasteiger partial charge >= 0.3 is 0 Å². The Bertz CT molecular complexity index is 502. The van der Waals surface area contributed by atoms with Gasteiger partial charge in [0.05, 0.1) is 12.6 Å². The molecule has 5 heteroatoms. The van der Waals surface area contributed by atoms with Gasteiger partial charge in [-0.1, -0.05) is 0 Å². The Morgan fingerprint density at radius 3 is 2.95 bits per heavy atom. The van der Waals surface area contributed by atoms with Gasteiger partial charge in [0, 0.05) is 37.6 Å². The van der Waals surface area contributed by atoms with Crippen LogP contribution in [0, 0.1) is 6.92 Å². The van der Waals surface area contributed by atoms with Crippen LogP contribution in [0.15, 0.2) is 12.1 Å². The third kappa shape index (κ3) is 2.99. The molecule has 2 aliphatic rings. The molecule has 0 aromatic carbocycles. The van der Waals surface area contributed by atoms with Crippen LogP contribution in [0.5, 0.6) is 0 Å². The van der Waals surface area contributed by atoms with Crippen molar-refractivity contribution < 1.29 is 4.79 Å². The van der Waals surface area contributed by atoms with Crippen molar-refractivity contribution in [1.29, 1.82) is 0 Å². The molecule has 1 amide bonds. The zero-order chi connectivity index (χ0) is 14.8. The highest BCUT2D eigenvalue weighted by molar-refractivity contribution is 5.79. The maximum atomic E-state index is 12.7. The molecule has 2 aliphatic heterocycles. The van der Waals surface area contributed by atoms with Crippen LogP contribution >= 0.6 is 0 Å². The number of nitrogens with one attached hydrogen (secondary N) is 1. The molecular weight excluding hydrogens is 264 g/mol. The van der Waals surface area contributed by atoms with Gasteiger partial charge in [0.1, 0.15) is 0 Å². The molecule has 21 heavy (non-hydrogen) atoms. The van der Waals surface area contributed by atoms with Crippen LogP contribution in [0.1, 0.15) is 30.8 Å². The molecule has 1 aromatic heterocycles. The van der Waals surface area contributed by atoms with Gasteiger partial charge in [-0.25, -0.2) is 0 Å². The zero-order valence-electron chi connectivity index (χ0n) is 13.1. The summed E-state index contributed by atoms with van der Waals surface area (Å²) in [5.41, 5.74) is 2.56. The Morgan fingerprint density at radius 1 is 1.24 bits per heavy atom. The van der Waals surface area contributed by atoms with E-state index in [1.807, 2.05) is 4.90 Å². The molecule has 1 fully saturated rings. The summed E-state index contributed by atoms with van der Waals surface area (Å²) >= 11 is 0. The van der Waals surface area contributed by atoms with Gasteiger partial charge in [-0.15, -0.1) is 0 Å². The molecule has 1 aromatic rings. The molecule has 1 atom stereocenters. The van der Waals surface area contributed by atoms with Crippen molar-refractivity contribution >= 4 is 5.91 Å². The van der Waals surface area contributed by atoms with E-state index in [1.165, 1.54) is 11.4 Å². The van der Waals surface area contributed by atoms with Crippen molar-refractivity contribution in [2.75, 3.05) is 39.3 Å². The summed E-state index contributed by atoms with van der Waals surface area (Å²) < 4.78 is 2.34. The predicted molar refractivity (Wildman–Crippen MR) is 83.2 cm³/mol. The van der Waals surface area contributed by atoms with E-state index >= 15 is 0 Å². The third-order valence-corrected chi connectivity index (χ3v) is 4.80. The molecule has 0 spiro atoms. The summed E-state index contributed by atoms with van der Waals surface area (Å²) in [4.78, 5) is 17.0. The quantitative estimate of drug-likeness (QED) is 0.883. The van der Waals surface area contributed by atoms with E-state index in [9.17, 15) is 4.79 Å². The van der Waals surface area contributed by atoms with Crippen molar-refractivity contribution in [2.45, 2.75) is 32.9 Å². The van der Waals surface area contributed by atoms with Crippen molar-refractivity contribution in [3.8, 4) is 0 Å². The van der Waals surface area contributed by atoms with Crippen LogP contribution in [0.25, 0.3) is 0 Å². The summed E-state index contributed by atoms with van der Waals surface area (Å²) in [5, 5.41) is 3.38. The van der Waals surface area contributed by atoms with E-state index in [0.717, 1.165) is 45.7 Å². The Kier molecular flexibility index (Phi) is 4.31. The Morgan fingerprint density at radius 2 is 2.10 bits per heavy atom. The average molecular weight is 290 g/mol. The topological polar surface area (TPSA) is 40.5 Å². The second-order valence-electron chi connectivity index (χ2n) is 6.19. The lowest BCUT2D eigenvalue weighted by atomic mass is 10.1. The van der Waals surface area contributed by atoms with E-state index in [2.05, 4.69) is 40.8 Å². The van der Waals surface area contributed by atoms with Gasteiger partial charge in [-0.2, -0.15) is 0 Å².